The molecule has 3 fully saturated rings. The number of hydrogen-bond donors (Lipinski definition) is 1. The Morgan fingerprint density at radius 1 is 1.31 bits per heavy atom. The number of benzene rings is 2. The number of nitrogens with two attached hydrogens (primary N) is 1. The molecule has 1 amide bonds. The van der Waals surface area contributed by atoms with Crippen molar-refractivity contribution in [2.45, 2.75) is 56.5 Å². The van der Waals surface area contributed by atoms with Crippen molar-refractivity contribution in [2.24, 2.45) is 0 Å². The number of halogens is 2. The molecule has 3 saturated heterocycles. The molecule has 2 aromatic carbocycles. The van der Waals surface area contributed by atoms with Crippen LogP contribution in [0.15, 0.2) is 43.0 Å². The van der Waals surface area contributed by atoms with Crippen LogP contribution in [0.2, 0.25) is 0 Å². The number of aromatic nitrogens is 2. The Bertz CT molecular complexity index is 1890. The Balaban J connectivity index is 1.29. The third-order valence-electron chi connectivity index (χ3n) is 9.52. The molecule has 4 atom stereocenters. The van der Waals surface area contributed by atoms with Crippen molar-refractivity contribution in [3.05, 3.63) is 54.4 Å². The van der Waals surface area contributed by atoms with E-state index in [2.05, 4.69) is 22.5 Å². The van der Waals surface area contributed by atoms with Gasteiger partial charge in [0.15, 0.2) is 0 Å². The summed E-state index contributed by atoms with van der Waals surface area (Å²) >= 11 is 1.04. The van der Waals surface area contributed by atoms with Gasteiger partial charge in [-0.25, -0.2) is 8.78 Å². The van der Waals surface area contributed by atoms with Crippen molar-refractivity contribution in [1.29, 1.82) is 5.26 Å². The van der Waals surface area contributed by atoms with Gasteiger partial charge in [-0.15, -0.1) is 11.3 Å². The number of likely N-dealkylation sites (tertiary alicyclic amines) is 1. The molecule has 232 valence electrons. The van der Waals surface area contributed by atoms with Crippen LogP contribution in [-0.2, 0) is 4.79 Å². The molecule has 4 unspecified atom stereocenters. The number of carbonyl (C=O) groups is 1. The molecule has 5 heterocycles. The second-order valence-corrected chi connectivity index (χ2v) is 13.1. The summed E-state index contributed by atoms with van der Waals surface area (Å²) < 4.78 is 42.2. The van der Waals surface area contributed by atoms with E-state index in [-0.39, 0.29) is 41.2 Å². The number of nitrogen functional groups attached to an aromatic ring is 1. The molecule has 4 aromatic rings. The molecule has 2 N–H and O–H groups in total. The van der Waals surface area contributed by atoms with Gasteiger partial charge in [-0.1, -0.05) is 18.7 Å². The fourth-order valence-electron chi connectivity index (χ4n) is 7.23. The molecule has 7 rings (SSSR count). The minimum Gasteiger partial charge on any atom is -0.471 e. The number of rotatable bonds is 7. The molecule has 12 heteroatoms. The second-order valence-electron chi connectivity index (χ2n) is 12.1. The molecule has 2 aromatic heterocycles. The summed E-state index contributed by atoms with van der Waals surface area (Å²) in [6.07, 6.45) is 2.92. The van der Waals surface area contributed by atoms with E-state index in [4.69, 9.17) is 20.2 Å². The number of carbonyl (C=O) groups excluding carboxylic acids is 1. The number of anilines is 1. The van der Waals surface area contributed by atoms with E-state index in [1.165, 1.54) is 12.1 Å². The molecule has 3 aliphatic rings. The molecular weight excluding hydrogens is 598 g/mol. The van der Waals surface area contributed by atoms with E-state index in [1.807, 2.05) is 25.1 Å². The number of amides is 1. The van der Waals surface area contributed by atoms with Crippen LogP contribution in [-0.4, -0.2) is 75.8 Å². The van der Waals surface area contributed by atoms with Crippen molar-refractivity contribution in [3.8, 4) is 29.1 Å². The van der Waals surface area contributed by atoms with Gasteiger partial charge in [0.1, 0.15) is 35.8 Å². The SMILES string of the molecule is C=CC(=O)N1CCC(Oc2nc(OCC34CCCN3CC(F)C4)nc3cc(-c4ccc(F)c5sc(N)c(C#N)c45)ccc23)C1C. The maximum absolute atomic E-state index is 14.8. The van der Waals surface area contributed by atoms with Crippen LogP contribution in [0.5, 0.6) is 11.9 Å². The highest BCUT2D eigenvalue weighted by atomic mass is 32.1. The standard InChI is InChI=1S/C33H32F2N6O3S/c1-3-27(42)41-12-9-26(18(41)2)44-31-22-6-5-19(21-7-8-24(35)29-28(21)23(15-36)30(37)45-29)13-25(22)38-32(39-31)43-17-33-10-4-11-40(33)16-20(34)14-33/h3,5-8,13,18,20,26H,1,4,9-12,14,16-17,37H2,2H3. The predicted molar refractivity (Wildman–Crippen MR) is 168 cm³/mol. The maximum Gasteiger partial charge on any atom is 0.320 e. The minimum atomic E-state index is -0.894. The van der Waals surface area contributed by atoms with Gasteiger partial charge in [-0.05, 0) is 61.7 Å². The first-order chi connectivity index (χ1) is 21.7. The van der Waals surface area contributed by atoms with Crippen molar-refractivity contribution in [2.75, 3.05) is 32.0 Å². The molecule has 45 heavy (non-hydrogen) atoms. The zero-order valence-corrected chi connectivity index (χ0v) is 25.6. The topological polar surface area (TPSA) is 118 Å². The Kier molecular flexibility index (Phi) is 7.33. The summed E-state index contributed by atoms with van der Waals surface area (Å²) in [7, 11) is 0. The van der Waals surface area contributed by atoms with Crippen molar-refractivity contribution < 1.29 is 23.0 Å². The zero-order valence-electron chi connectivity index (χ0n) is 24.8. The largest absolute Gasteiger partial charge is 0.471 e. The molecule has 9 nitrogen and oxygen atoms in total. The summed E-state index contributed by atoms with van der Waals surface area (Å²) in [5.41, 5.74) is 7.79. The average molecular weight is 631 g/mol. The summed E-state index contributed by atoms with van der Waals surface area (Å²) in [6.45, 7) is 7.56. The lowest BCUT2D eigenvalue weighted by Gasteiger charge is -2.30. The molecular formula is C33H32F2N6O3S. The van der Waals surface area contributed by atoms with Crippen LogP contribution in [0.25, 0.3) is 32.1 Å². The highest BCUT2D eigenvalue weighted by Gasteiger charge is 2.49. The fraction of sp³-hybridized carbons (Fsp3) is 0.394. The number of thiophene rings is 1. The summed E-state index contributed by atoms with van der Waals surface area (Å²) in [5, 5.41) is 11.1. The van der Waals surface area contributed by atoms with Crippen LogP contribution < -0.4 is 15.2 Å². The molecule has 3 aliphatic heterocycles. The molecule has 0 spiro atoms. The number of ether oxygens (including phenoxy) is 2. The predicted octanol–water partition coefficient (Wildman–Crippen LogP) is 5.61. The van der Waals surface area contributed by atoms with E-state index >= 15 is 0 Å². The number of nitriles is 1. The van der Waals surface area contributed by atoms with Gasteiger partial charge in [0.2, 0.25) is 11.8 Å². The van der Waals surface area contributed by atoms with Crippen LogP contribution in [0.3, 0.4) is 0 Å². The highest BCUT2D eigenvalue weighted by molar-refractivity contribution is 7.23. The third kappa shape index (κ3) is 4.94. The Hall–Kier alpha value is -4.34. The van der Waals surface area contributed by atoms with Crippen LogP contribution in [0.4, 0.5) is 13.8 Å². The number of fused-ring (bicyclic) bond motifs is 3. The van der Waals surface area contributed by atoms with Gasteiger partial charge < -0.3 is 20.1 Å². The number of nitrogens with zero attached hydrogens (tertiary/aromatic N) is 5. The summed E-state index contributed by atoms with van der Waals surface area (Å²) in [5.74, 6) is -0.295. The molecule has 0 bridgehead atoms. The molecule has 0 radical (unpaired) electrons. The second kappa shape index (κ2) is 11.2. The van der Waals surface area contributed by atoms with Crippen molar-refractivity contribution in [3.63, 3.8) is 0 Å². The van der Waals surface area contributed by atoms with Crippen molar-refractivity contribution >= 4 is 43.2 Å². The van der Waals surface area contributed by atoms with E-state index in [0.717, 1.165) is 30.7 Å². The van der Waals surface area contributed by atoms with E-state index in [1.54, 1.807) is 11.0 Å². The lowest BCUT2D eigenvalue weighted by molar-refractivity contribution is -0.127. The summed E-state index contributed by atoms with van der Waals surface area (Å²) in [6, 6.07) is 10.5. The van der Waals surface area contributed by atoms with Gasteiger partial charge >= 0.3 is 6.01 Å². The van der Waals surface area contributed by atoms with Gasteiger partial charge in [0.25, 0.3) is 0 Å². The lowest BCUT2D eigenvalue weighted by atomic mass is 9.95. The minimum absolute atomic E-state index is 0.101. The van der Waals surface area contributed by atoms with Crippen LogP contribution in [0.1, 0.15) is 38.2 Å². The van der Waals surface area contributed by atoms with Gasteiger partial charge in [0, 0.05) is 31.3 Å². The first kappa shape index (κ1) is 29.4. The van der Waals surface area contributed by atoms with E-state index in [0.29, 0.717) is 63.9 Å². The van der Waals surface area contributed by atoms with Crippen LogP contribution >= 0.6 is 11.3 Å². The maximum atomic E-state index is 14.8. The average Bonchev–Trinajstić information content (AvgIpc) is 3.76. The molecule has 0 aliphatic carbocycles. The lowest BCUT2D eigenvalue weighted by Crippen LogP contribution is -2.43. The third-order valence-corrected chi connectivity index (χ3v) is 10.5. The number of alkyl halides is 1. The first-order valence-corrected chi connectivity index (χ1v) is 15.9. The Morgan fingerprint density at radius 2 is 2.16 bits per heavy atom. The highest BCUT2D eigenvalue weighted by Crippen LogP contribution is 2.43. The molecule has 0 saturated carbocycles. The van der Waals surface area contributed by atoms with Gasteiger partial charge in [-0.3, -0.25) is 9.69 Å². The smallest absolute Gasteiger partial charge is 0.320 e. The van der Waals surface area contributed by atoms with Gasteiger partial charge in [-0.2, -0.15) is 15.2 Å². The summed E-state index contributed by atoms with van der Waals surface area (Å²) in [4.78, 5) is 25.7. The Morgan fingerprint density at radius 3 is 2.96 bits per heavy atom. The normalized spacial score (nSPS) is 24.7. The number of hydrogen-bond acceptors (Lipinski definition) is 9. The van der Waals surface area contributed by atoms with E-state index in [9.17, 15) is 18.8 Å². The van der Waals surface area contributed by atoms with Gasteiger partial charge in [0.05, 0.1) is 32.7 Å². The zero-order chi connectivity index (χ0) is 31.5. The van der Waals surface area contributed by atoms with Crippen LogP contribution in [0, 0.1) is 17.1 Å². The quantitative estimate of drug-likeness (QED) is 0.262. The van der Waals surface area contributed by atoms with Crippen molar-refractivity contribution in [1.82, 2.24) is 19.8 Å². The van der Waals surface area contributed by atoms with E-state index < -0.39 is 17.5 Å². The first-order valence-electron chi connectivity index (χ1n) is 15.1. The Labute approximate surface area is 262 Å². The monoisotopic (exact) mass is 630 g/mol. The fourth-order valence-corrected chi connectivity index (χ4v) is 8.18.